The summed E-state index contributed by atoms with van der Waals surface area (Å²) in [5.74, 6) is 0.553. The van der Waals surface area contributed by atoms with E-state index in [1.807, 2.05) is 31.2 Å². The van der Waals surface area contributed by atoms with Crippen LogP contribution in [0.5, 0.6) is 5.75 Å². The maximum absolute atomic E-state index is 12.0. The second kappa shape index (κ2) is 6.10. The molecule has 6 heteroatoms. The summed E-state index contributed by atoms with van der Waals surface area (Å²) < 4.78 is 5.29. The third-order valence-corrected chi connectivity index (χ3v) is 2.99. The molecular weight excluding hydrogens is 256 g/mol. The summed E-state index contributed by atoms with van der Waals surface area (Å²) in [6.07, 6.45) is 2.09. The van der Waals surface area contributed by atoms with E-state index in [1.54, 1.807) is 7.11 Å². The van der Waals surface area contributed by atoms with Gasteiger partial charge in [-0.1, -0.05) is 18.2 Å². The highest BCUT2D eigenvalue weighted by Gasteiger charge is 2.15. The molecule has 0 saturated carbocycles. The minimum absolute atomic E-state index is 0.0542. The van der Waals surface area contributed by atoms with Gasteiger partial charge in [-0.05, 0) is 25.0 Å². The molecule has 0 bridgehead atoms. The van der Waals surface area contributed by atoms with Crippen LogP contribution in [0.25, 0.3) is 0 Å². The molecule has 0 fully saturated rings. The van der Waals surface area contributed by atoms with Gasteiger partial charge in [0, 0.05) is 6.04 Å². The summed E-state index contributed by atoms with van der Waals surface area (Å²) in [6, 6.07) is 7.68. The minimum Gasteiger partial charge on any atom is -0.496 e. The SMILES string of the molecule is COc1ccccc1CC(C)NC(=O)c1[nH]ncc1N. The second-order valence-corrected chi connectivity index (χ2v) is 4.59. The predicted octanol–water partition coefficient (Wildman–Crippen LogP) is 1.36. The predicted molar refractivity (Wildman–Crippen MR) is 76.6 cm³/mol. The van der Waals surface area contributed by atoms with E-state index in [1.165, 1.54) is 6.20 Å². The van der Waals surface area contributed by atoms with Crippen LogP contribution in [0.4, 0.5) is 5.69 Å². The second-order valence-electron chi connectivity index (χ2n) is 4.59. The molecule has 2 rings (SSSR count). The Hall–Kier alpha value is -2.50. The number of methoxy groups -OCH3 is 1. The van der Waals surface area contributed by atoms with Gasteiger partial charge < -0.3 is 15.8 Å². The van der Waals surface area contributed by atoms with Gasteiger partial charge in [0.25, 0.3) is 5.91 Å². The fourth-order valence-corrected chi connectivity index (χ4v) is 2.03. The average molecular weight is 274 g/mol. The number of nitrogens with one attached hydrogen (secondary N) is 2. The number of aromatic nitrogens is 2. The van der Waals surface area contributed by atoms with E-state index in [2.05, 4.69) is 15.5 Å². The van der Waals surface area contributed by atoms with Crippen LogP contribution in [0.3, 0.4) is 0 Å². The molecule has 106 valence electrons. The van der Waals surface area contributed by atoms with E-state index in [9.17, 15) is 4.79 Å². The van der Waals surface area contributed by atoms with Crippen LogP contribution in [0.2, 0.25) is 0 Å². The van der Waals surface area contributed by atoms with Crippen molar-refractivity contribution in [2.24, 2.45) is 0 Å². The first-order valence-corrected chi connectivity index (χ1v) is 6.33. The molecule has 1 amide bonds. The van der Waals surface area contributed by atoms with Crippen LogP contribution in [0, 0.1) is 0 Å². The van der Waals surface area contributed by atoms with Crippen molar-refractivity contribution in [3.63, 3.8) is 0 Å². The Morgan fingerprint density at radius 2 is 2.25 bits per heavy atom. The Labute approximate surface area is 117 Å². The number of ether oxygens (including phenoxy) is 1. The standard InChI is InChI=1S/C14H18N4O2/c1-9(7-10-5-3-4-6-12(10)20-2)17-14(19)13-11(15)8-16-18-13/h3-6,8-9H,7,15H2,1-2H3,(H,16,18)(H,17,19). The van der Waals surface area contributed by atoms with Crippen LogP contribution >= 0.6 is 0 Å². The number of benzene rings is 1. The molecule has 4 N–H and O–H groups in total. The first-order valence-electron chi connectivity index (χ1n) is 6.33. The Kier molecular flexibility index (Phi) is 4.24. The fourth-order valence-electron chi connectivity index (χ4n) is 2.03. The molecule has 2 aromatic rings. The van der Waals surface area contributed by atoms with Gasteiger partial charge in [0.2, 0.25) is 0 Å². The van der Waals surface area contributed by atoms with Crippen molar-refractivity contribution in [3.05, 3.63) is 41.7 Å². The van der Waals surface area contributed by atoms with Crippen LogP contribution in [0.1, 0.15) is 23.0 Å². The number of nitrogens with zero attached hydrogens (tertiary/aromatic N) is 1. The maximum Gasteiger partial charge on any atom is 0.271 e. The molecule has 20 heavy (non-hydrogen) atoms. The van der Waals surface area contributed by atoms with Crippen molar-refractivity contribution in [1.82, 2.24) is 15.5 Å². The van der Waals surface area contributed by atoms with E-state index in [0.717, 1.165) is 11.3 Å². The molecule has 0 radical (unpaired) electrons. The Morgan fingerprint density at radius 3 is 2.90 bits per heavy atom. The zero-order chi connectivity index (χ0) is 14.5. The molecule has 0 aliphatic carbocycles. The molecule has 0 spiro atoms. The lowest BCUT2D eigenvalue weighted by Gasteiger charge is -2.15. The van der Waals surface area contributed by atoms with Gasteiger partial charge in [-0.25, -0.2) is 0 Å². The number of carbonyl (C=O) groups excluding carboxylic acids is 1. The molecule has 1 unspecified atom stereocenters. The fraction of sp³-hybridized carbons (Fsp3) is 0.286. The molecular formula is C14H18N4O2. The molecule has 1 aromatic carbocycles. The summed E-state index contributed by atoms with van der Waals surface area (Å²) in [4.78, 5) is 12.0. The summed E-state index contributed by atoms with van der Waals surface area (Å²) in [6.45, 7) is 1.93. The topological polar surface area (TPSA) is 93.0 Å². The highest BCUT2D eigenvalue weighted by molar-refractivity contribution is 5.97. The summed E-state index contributed by atoms with van der Waals surface area (Å²) in [7, 11) is 1.63. The number of anilines is 1. The number of para-hydroxylation sites is 1. The molecule has 6 nitrogen and oxygen atoms in total. The van der Waals surface area contributed by atoms with Crippen molar-refractivity contribution < 1.29 is 9.53 Å². The number of H-pyrrole nitrogens is 1. The van der Waals surface area contributed by atoms with Crippen LogP contribution in [-0.2, 0) is 6.42 Å². The summed E-state index contributed by atoms with van der Waals surface area (Å²) in [5, 5.41) is 9.19. The van der Waals surface area contributed by atoms with Gasteiger partial charge in [-0.3, -0.25) is 9.89 Å². The molecule has 1 atom stereocenters. The van der Waals surface area contributed by atoms with E-state index in [-0.39, 0.29) is 17.6 Å². The van der Waals surface area contributed by atoms with E-state index in [4.69, 9.17) is 10.5 Å². The van der Waals surface area contributed by atoms with Crippen molar-refractivity contribution in [2.75, 3.05) is 12.8 Å². The zero-order valence-corrected chi connectivity index (χ0v) is 11.5. The Bertz CT molecular complexity index is 594. The monoisotopic (exact) mass is 274 g/mol. The highest BCUT2D eigenvalue weighted by atomic mass is 16.5. The minimum atomic E-state index is -0.262. The van der Waals surface area contributed by atoms with Crippen LogP contribution in [-0.4, -0.2) is 29.3 Å². The highest BCUT2D eigenvalue weighted by Crippen LogP contribution is 2.19. The molecule has 1 heterocycles. The van der Waals surface area contributed by atoms with Crippen LogP contribution < -0.4 is 15.8 Å². The van der Waals surface area contributed by atoms with Crippen molar-refractivity contribution in [1.29, 1.82) is 0 Å². The lowest BCUT2D eigenvalue weighted by molar-refractivity contribution is 0.0936. The largest absolute Gasteiger partial charge is 0.496 e. The maximum atomic E-state index is 12.0. The van der Waals surface area contributed by atoms with Crippen molar-refractivity contribution >= 4 is 11.6 Å². The zero-order valence-electron chi connectivity index (χ0n) is 11.5. The van der Waals surface area contributed by atoms with Gasteiger partial charge >= 0.3 is 0 Å². The van der Waals surface area contributed by atoms with E-state index < -0.39 is 0 Å². The number of hydrogen-bond acceptors (Lipinski definition) is 4. The lowest BCUT2D eigenvalue weighted by atomic mass is 10.1. The van der Waals surface area contributed by atoms with Crippen molar-refractivity contribution in [2.45, 2.75) is 19.4 Å². The number of rotatable bonds is 5. The number of hydrogen-bond donors (Lipinski definition) is 3. The van der Waals surface area contributed by atoms with E-state index in [0.29, 0.717) is 12.1 Å². The van der Waals surface area contributed by atoms with Crippen LogP contribution in [0.15, 0.2) is 30.5 Å². The van der Waals surface area contributed by atoms with Gasteiger partial charge in [0.1, 0.15) is 11.4 Å². The number of aromatic amines is 1. The number of carbonyl (C=O) groups is 1. The summed E-state index contributed by atoms with van der Waals surface area (Å²) in [5.41, 5.74) is 7.31. The smallest absolute Gasteiger partial charge is 0.271 e. The third-order valence-electron chi connectivity index (χ3n) is 2.99. The first kappa shape index (κ1) is 13.9. The quantitative estimate of drug-likeness (QED) is 0.767. The van der Waals surface area contributed by atoms with Gasteiger partial charge in [-0.2, -0.15) is 5.10 Å². The molecule has 0 saturated heterocycles. The number of nitrogens with two attached hydrogens (primary N) is 1. The molecule has 0 aliphatic heterocycles. The lowest BCUT2D eigenvalue weighted by Crippen LogP contribution is -2.34. The van der Waals surface area contributed by atoms with Gasteiger partial charge in [0.15, 0.2) is 0 Å². The molecule has 1 aromatic heterocycles. The number of amides is 1. The van der Waals surface area contributed by atoms with Gasteiger partial charge in [-0.15, -0.1) is 0 Å². The Balaban J connectivity index is 2.01. The molecule has 0 aliphatic rings. The normalized spacial score (nSPS) is 11.9. The van der Waals surface area contributed by atoms with Gasteiger partial charge in [0.05, 0.1) is 19.0 Å². The van der Waals surface area contributed by atoms with E-state index >= 15 is 0 Å². The van der Waals surface area contributed by atoms with Crippen molar-refractivity contribution in [3.8, 4) is 5.75 Å². The number of nitrogen functional groups attached to an aromatic ring is 1. The summed E-state index contributed by atoms with van der Waals surface area (Å²) >= 11 is 0. The third kappa shape index (κ3) is 3.09. The average Bonchev–Trinajstić information content (AvgIpc) is 2.85. The first-order chi connectivity index (χ1) is 9.61. The Morgan fingerprint density at radius 1 is 1.50 bits per heavy atom.